The first-order valence-electron chi connectivity index (χ1n) is 7.82. The van der Waals surface area contributed by atoms with E-state index in [-0.39, 0.29) is 23.9 Å². The first kappa shape index (κ1) is 18.3. The lowest BCUT2D eigenvalue weighted by Crippen LogP contribution is -2.37. The van der Waals surface area contributed by atoms with Gasteiger partial charge in [-0.05, 0) is 31.7 Å². The molecule has 6 N–H and O–H groups in total. The van der Waals surface area contributed by atoms with Gasteiger partial charge in [0.15, 0.2) is 17.2 Å². The molecule has 138 valence electrons. The van der Waals surface area contributed by atoms with Crippen LogP contribution in [0.4, 0.5) is 20.5 Å². The zero-order valence-corrected chi connectivity index (χ0v) is 15.0. The molecule has 0 aliphatic carbocycles. The number of aromatic nitrogens is 4. The minimum atomic E-state index is -0.886. The number of halogens is 2. The Morgan fingerprint density at radius 3 is 2.85 bits per heavy atom. The lowest BCUT2D eigenvalue weighted by molar-refractivity contribution is -0.416. The zero-order chi connectivity index (χ0) is 18.9. The van der Waals surface area contributed by atoms with E-state index in [0.29, 0.717) is 22.1 Å². The van der Waals surface area contributed by atoms with Gasteiger partial charge in [-0.25, -0.2) is 13.8 Å². The normalized spacial score (nSPS) is 11.9. The predicted octanol–water partition coefficient (Wildman–Crippen LogP) is 2.11. The smallest absolute Gasteiger partial charge is 0.299 e. The second kappa shape index (κ2) is 7.04. The Morgan fingerprint density at radius 1 is 1.35 bits per heavy atom. The Morgan fingerprint density at radius 2 is 2.12 bits per heavy atom. The van der Waals surface area contributed by atoms with Gasteiger partial charge in [0.25, 0.3) is 10.8 Å². The second-order valence-corrected chi connectivity index (χ2v) is 7.37. The maximum Gasteiger partial charge on any atom is 0.299 e. The van der Waals surface area contributed by atoms with Crippen molar-refractivity contribution in [3.05, 3.63) is 35.4 Å². The molecule has 0 atom stereocenters. The fourth-order valence-corrected chi connectivity index (χ4v) is 3.12. The van der Waals surface area contributed by atoms with Crippen molar-refractivity contribution >= 4 is 34.7 Å². The molecule has 2 aromatic heterocycles. The molecule has 0 amide bonds. The van der Waals surface area contributed by atoms with Gasteiger partial charge in [0.1, 0.15) is 0 Å². The number of thioether (sulfide) groups is 1. The van der Waals surface area contributed by atoms with E-state index in [1.807, 2.05) is 13.8 Å². The maximum absolute atomic E-state index is 13.8. The molecule has 0 radical (unpaired) electrons. The molecule has 1 aromatic carbocycles. The molecule has 26 heavy (non-hydrogen) atoms. The molecule has 0 saturated carbocycles. The number of fused-ring (bicyclic) bond motifs is 1. The van der Waals surface area contributed by atoms with E-state index in [9.17, 15) is 13.9 Å². The van der Waals surface area contributed by atoms with Crippen LogP contribution in [-0.4, -0.2) is 32.2 Å². The molecular weight excluding hydrogens is 362 g/mol. The van der Waals surface area contributed by atoms with Crippen LogP contribution in [0.15, 0.2) is 23.4 Å². The number of imidazole rings is 1. The fraction of sp³-hybridized carbons (Fsp3) is 0.312. The standard InChI is InChI=1S/C16H18F2N6OS/c1-16(2,7-25)24-13-11-12(21-14(19)20-11)22-15(23-13)26-6-8-4-3-5-9(17)10(8)18/h3-5,25H,6-7H2,1-2H3,(H4,19,20,21,22,23,24)/p+1. The average Bonchev–Trinajstić information content (AvgIpc) is 2.96. The molecule has 2 heterocycles. The Kier molecular flexibility index (Phi) is 4.97. The number of hydrogen-bond donors (Lipinski definition) is 4. The van der Waals surface area contributed by atoms with Crippen molar-refractivity contribution in [2.45, 2.75) is 30.3 Å². The number of aliphatic hydroxyl groups excluding tert-OH is 1. The van der Waals surface area contributed by atoms with Gasteiger partial charge in [0, 0.05) is 11.3 Å². The van der Waals surface area contributed by atoms with Gasteiger partial charge in [-0.1, -0.05) is 17.1 Å². The van der Waals surface area contributed by atoms with Crippen molar-refractivity contribution in [2.75, 3.05) is 17.7 Å². The summed E-state index contributed by atoms with van der Waals surface area (Å²) in [6.45, 7) is 3.54. The molecule has 0 aliphatic rings. The van der Waals surface area contributed by atoms with E-state index in [1.54, 1.807) is 0 Å². The van der Waals surface area contributed by atoms with Crippen molar-refractivity contribution in [3.8, 4) is 0 Å². The molecule has 3 aromatic rings. The van der Waals surface area contributed by atoms with Crippen LogP contribution >= 0.6 is 11.8 Å². The summed E-state index contributed by atoms with van der Waals surface area (Å²) in [5, 5.41) is 13.1. The minimum absolute atomic E-state index is 0.106. The van der Waals surface area contributed by atoms with Gasteiger partial charge < -0.3 is 15.8 Å². The molecule has 0 unspecified atom stereocenters. The van der Waals surface area contributed by atoms with E-state index in [0.717, 1.165) is 6.07 Å². The first-order valence-corrected chi connectivity index (χ1v) is 8.81. The quantitative estimate of drug-likeness (QED) is 0.384. The van der Waals surface area contributed by atoms with Crippen molar-refractivity contribution < 1.29 is 18.9 Å². The summed E-state index contributed by atoms with van der Waals surface area (Å²) in [5.74, 6) is -0.835. The van der Waals surface area contributed by atoms with Gasteiger partial charge >= 0.3 is 0 Å². The van der Waals surface area contributed by atoms with Crippen LogP contribution in [0.3, 0.4) is 0 Å². The lowest BCUT2D eigenvalue weighted by atomic mass is 10.1. The van der Waals surface area contributed by atoms with Gasteiger partial charge in [0.05, 0.1) is 12.1 Å². The summed E-state index contributed by atoms with van der Waals surface area (Å²) < 4.78 is 27.2. The van der Waals surface area contributed by atoms with Crippen LogP contribution in [0.2, 0.25) is 0 Å². The maximum atomic E-state index is 13.8. The molecule has 0 saturated heterocycles. The average molecular weight is 381 g/mol. The van der Waals surface area contributed by atoms with Crippen LogP contribution in [0.5, 0.6) is 0 Å². The lowest BCUT2D eigenvalue weighted by Gasteiger charge is -2.20. The number of aliphatic hydroxyl groups is 1. The number of H-pyrrole nitrogens is 2. The summed E-state index contributed by atoms with van der Waals surface area (Å²) in [6.07, 6.45) is 0. The van der Waals surface area contributed by atoms with Gasteiger partial charge in [-0.3, -0.25) is 5.32 Å². The summed E-state index contributed by atoms with van der Waals surface area (Å²) in [7, 11) is 0. The third kappa shape index (κ3) is 3.86. The summed E-state index contributed by atoms with van der Waals surface area (Å²) in [4.78, 5) is 14.4. The molecule has 0 bridgehead atoms. The highest BCUT2D eigenvalue weighted by Gasteiger charge is 2.25. The molecule has 0 spiro atoms. The second-order valence-electron chi connectivity index (χ2n) is 6.41. The molecule has 10 heteroatoms. The topological polar surface area (TPSA) is 114 Å². The minimum Gasteiger partial charge on any atom is -0.392 e. The Balaban J connectivity index is 1.92. The number of nitrogen functional groups attached to an aromatic ring is 1. The van der Waals surface area contributed by atoms with Gasteiger partial charge in [0.2, 0.25) is 11.8 Å². The van der Waals surface area contributed by atoms with E-state index >= 15 is 0 Å². The summed E-state index contributed by atoms with van der Waals surface area (Å²) in [6, 6.07) is 4.05. The highest BCUT2D eigenvalue weighted by Crippen LogP contribution is 2.25. The number of hydrogen-bond acceptors (Lipinski definition) is 6. The molecule has 7 nitrogen and oxygen atoms in total. The molecular formula is C16H19F2N6OS+. The van der Waals surface area contributed by atoms with E-state index < -0.39 is 17.2 Å². The third-order valence-corrected chi connectivity index (χ3v) is 4.57. The van der Waals surface area contributed by atoms with Crippen LogP contribution < -0.4 is 16.0 Å². The first-order chi connectivity index (χ1) is 12.3. The number of anilines is 2. The summed E-state index contributed by atoms with van der Waals surface area (Å²) in [5.41, 5.74) is 6.27. The number of nitrogens with one attached hydrogen (secondary N) is 3. The monoisotopic (exact) mass is 381 g/mol. The van der Waals surface area contributed by atoms with Crippen LogP contribution in [-0.2, 0) is 5.75 Å². The fourth-order valence-electron chi connectivity index (χ4n) is 2.28. The summed E-state index contributed by atoms with van der Waals surface area (Å²) >= 11 is 1.20. The molecule has 0 aliphatic heterocycles. The zero-order valence-electron chi connectivity index (χ0n) is 14.2. The Bertz CT molecular complexity index is 946. The highest BCUT2D eigenvalue weighted by molar-refractivity contribution is 7.98. The van der Waals surface area contributed by atoms with E-state index in [2.05, 4.69) is 25.3 Å². The largest absolute Gasteiger partial charge is 0.392 e. The van der Waals surface area contributed by atoms with Crippen LogP contribution in [0, 0.1) is 11.6 Å². The highest BCUT2D eigenvalue weighted by atomic mass is 32.2. The van der Waals surface area contributed by atoms with Gasteiger partial charge in [-0.15, -0.1) is 0 Å². The number of nitrogens with zero attached hydrogens (tertiary/aromatic N) is 2. The van der Waals surface area contributed by atoms with Crippen molar-refractivity contribution in [3.63, 3.8) is 0 Å². The number of benzene rings is 1. The number of rotatable bonds is 6. The molecule has 3 rings (SSSR count). The van der Waals surface area contributed by atoms with Crippen molar-refractivity contribution in [1.82, 2.24) is 15.0 Å². The van der Waals surface area contributed by atoms with Crippen LogP contribution in [0.25, 0.3) is 11.2 Å². The number of aromatic amines is 2. The third-order valence-electron chi connectivity index (χ3n) is 3.65. The number of nitrogens with two attached hydrogens (primary N) is 1. The van der Waals surface area contributed by atoms with Crippen molar-refractivity contribution in [2.24, 2.45) is 0 Å². The van der Waals surface area contributed by atoms with E-state index in [1.165, 1.54) is 23.9 Å². The van der Waals surface area contributed by atoms with Crippen molar-refractivity contribution in [1.29, 1.82) is 0 Å². The SMILES string of the molecule is CC(C)(CO)Nc1[nH+]c(SCc2cccc(F)c2F)nc2nc(N)[nH]c12. The van der Waals surface area contributed by atoms with Gasteiger partial charge in [-0.2, -0.15) is 4.98 Å². The predicted molar refractivity (Wildman–Crippen MR) is 95.6 cm³/mol. The van der Waals surface area contributed by atoms with E-state index in [4.69, 9.17) is 5.73 Å². The van der Waals surface area contributed by atoms with Crippen LogP contribution in [0.1, 0.15) is 19.4 Å². The Hall–Kier alpha value is -2.46. The Labute approximate surface area is 152 Å². The molecule has 0 fully saturated rings.